The number of halogens is 1. The highest BCUT2D eigenvalue weighted by Gasteiger charge is 2.19. The molecule has 1 aromatic heterocycles. The average Bonchev–Trinajstić information content (AvgIpc) is 2.53. The van der Waals surface area contributed by atoms with Gasteiger partial charge in [-0.3, -0.25) is 9.59 Å². The van der Waals surface area contributed by atoms with Crippen molar-refractivity contribution >= 4 is 11.8 Å². The van der Waals surface area contributed by atoms with Crippen LogP contribution >= 0.6 is 0 Å². The minimum Gasteiger partial charge on any atom is -0.364 e. The second-order valence-electron chi connectivity index (χ2n) is 5.16. The number of amides is 2. The summed E-state index contributed by atoms with van der Waals surface area (Å²) in [7, 11) is 0. The Kier molecular flexibility index (Phi) is 5.35. The molecular weight excluding hydrogens is 299 g/mol. The van der Waals surface area contributed by atoms with Crippen LogP contribution in [-0.2, 0) is 6.42 Å². The van der Waals surface area contributed by atoms with Crippen LogP contribution in [0.1, 0.15) is 39.9 Å². The molecule has 1 atom stereocenters. The number of aromatic nitrogens is 2. The molecule has 0 fully saturated rings. The lowest BCUT2D eigenvalue weighted by molar-refractivity contribution is 0.0916. The van der Waals surface area contributed by atoms with Crippen LogP contribution < -0.4 is 11.1 Å². The Hall–Kier alpha value is -2.83. The number of nitrogens with two attached hydrogens (primary N) is 1. The maximum Gasteiger partial charge on any atom is 0.272 e. The topological polar surface area (TPSA) is 98.0 Å². The first-order valence-corrected chi connectivity index (χ1v) is 7.13. The van der Waals surface area contributed by atoms with Gasteiger partial charge in [0.25, 0.3) is 11.8 Å². The van der Waals surface area contributed by atoms with Crippen molar-refractivity contribution in [1.82, 2.24) is 15.3 Å². The molecule has 120 valence electrons. The zero-order valence-corrected chi connectivity index (χ0v) is 12.6. The molecule has 0 aliphatic heterocycles. The number of rotatable bonds is 6. The number of primary amides is 1. The number of benzene rings is 1. The predicted molar refractivity (Wildman–Crippen MR) is 82.2 cm³/mol. The SMILES string of the molecule is C[C@H](CCc1cccc(F)c1)NC(=O)c1nccnc1C(N)=O. The van der Waals surface area contributed by atoms with Gasteiger partial charge in [0.2, 0.25) is 0 Å². The van der Waals surface area contributed by atoms with Crippen molar-refractivity contribution in [1.29, 1.82) is 0 Å². The molecule has 0 aliphatic rings. The van der Waals surface area contributed by atoms with Crippen LogP contribution in [0.3, 0.4) is 0 Å². The third kappa shape index (κ3) is 4.57. The van der Waals surface area contributed by atoms with E-state index >= 15 is 0 Å². The third-order valence-corrected chi connectivity index (χ3v) is 3.28. The molecule has 0 unspecified atom stereocenters. The first-order valence-electron chi connectivity index (χ1n) is 7.13. The standard InChI is InChI=1S/C16H17FN4O2/c1-10(5-6-11-3-2-4-12(17)9-11)21-16(23)14-13(15(18)22)19-7-8-20-14/h2-4,7-10H,5-6H2,1H3,(H2,18,22)(H,21,23)/t10-/m1/s1. The van der Waals surface area contributed by atoms with E-state index in [1.807, 2.05) is 13.0 Å². The summed E-state index contributed by atoms with van der Waals surface area (Å²) in [4.78, 5) is 31.1. The molecule has 1 aromatic carbocycles. The number of aryl methyl sites for hydroxylation is 1. The van der Waals surface area contributed by atoms with Gasteiger partial charge in [-0.2, -0.15) is 0 Å². The van der Waals surface area contributed by atoms with Gasteiger partial charge in [0.15, 0.2) is 11.4 Å². The van der Waals surface area contributed by atoms with Crippen molar-refractivity contribution in [2.75, 3.05) is 0 Å². The van der Waals surface area contributed by atoms with Gasteiger partial charge in [-0.05, 0) is 37.5 Å². The van der Waals surface area contributed by atoms with E-state index in [2.05, 4.69) is 15.3 Å². The van der Waals surface area contributed by atoms with Crippen LogP contribution in [-0.4, -0.2) is 27.8 Å². The van der Waals surface area contributed by atoms with Crippen LogP contribution in [0.5, 0.6) is 0 Å². The van der Waals surface area contributed by atoms with Gasteiger partial charge in [-0.25, -0.2) is 14.4 Å². The van der Waals surface area contributed by atoms with Crippen LogP contribution in [0.15, 0.2) is 36.7 Å². The zero-order chi connectivity index (χ0) is 16.8. The van der Waals surface area contributed by atoms with Crippen LogP contribution in [0.25, 0.3) is 0 Å². The Morgan fingerprint density at radius 1 is 1.26 bits per heavy atom. The van der Waals surface area contributed by atoms with E-state index in [9.17, 15) is 14.0 Å². The molecule has 23 heavy (non-hydrogen) atoms. The monoisotopic (exact) mass is 316 g/mol. The maximum absolute atomic E-state index is 13.1. The average molecular weight is 316 g/mol. The van der Waals surface area contributed by atoms with Crippen LogP contribution in [0.2, 0.25) is 0 Å². The van der Waals surface area contributed by atoms with Crippen LogP contribution in [0.4, 0.5) is 4.39 Å². The van der Waals surface area contributed by atoms with Crippen molar-refractivity contribution in [2.24, 2.45) is 5.73 Å². The summed E-state index contributed by atoms with van der Waals surface area (Å²) in [6.45, 7) is 1.82. The molecule has 1 heterocycles. The van der Waals surface area contributed by atoms with E-state index in [-0.39, 0.29) is 23.2 Å². The largest absolute Gasteiger partial charge is 0.364 e. The zero-order valence-electron chi connectivity index (χ0n) is 12.6. The summed E-state index contributed by atoms with van der Waals surface area (Å²) >= 11 is 0. The first kappa shape index (κ1) is 16.5. The van der Waals surface area contributed by atoms with Gasteiger partial charge in [-0.1, -0.05) is 12.1 Å². The highest BCUT2D eigenvalue weighted by Crippen LogP contribution is 2.08. The molecule has 2 rings (SSSR count). The summed E-state index contributed by atoms with van der Waals surface area (Å²) in [5, 5.41) is 2.73. The molecule has 0 saturated heterocycles. The Bertz CT molecular complexity index is 721. The van der Waals surface area contributed by atoms with Crippen molar-refractivity contribution in [3.8, 4) is 0 Å². The lowest BCUT2D eigenvalue weighted by Gasteiger charge is -2.14. The molecule has 0 aliphatic carbocycles. The third-order valence-electron chi connectivity index (χ3n) is 3.28. The minimum absolute atomic E-state index is 0.0994. The van der Waals surface area contributed by atoms with E-state index in [1.165, 1.54) is 24.5 Å². The molecule has 3 N–H and O–H groups in total. The Balaban J connectivity index is 1.96. The molecule has 0 bridgehead atoms. The summed E-state index contributed by atoms with van der Waals surface area (Å²) in [5.74, 6) is -1.61. The number of hydrogen-bond acceptors (Lipinski definition) is 4. The Labute approximate surface area is 132 Å². The number of carbonyl (C=O) groups excluding carboxylic acids is 2. The molecule has 0 spiro atoms. The fourth-order valence-corrected chi connectivity index (χ4v) is 2.12. The van der Waals surface area contributed by atoms with Crippen LogP contribution in [0, 0.1) is 5.82 Å². The molecule has 0 radical (unpaired) electrons. The second-order valence-corrected chi connectivity index (χ2v) is 5.16. The first-order chi connectivity index (χ1) is 11.0. The van der Waals surface area contributed by atoms with E-state index in [0.29, 0.717) is 12.8 Å². The number of nitrogens with zero attached hydrogens (tertiary/aromatic N) is 2. The van der Waals surface area contributed by atoms with Crippen molar-refractivity contribution in [3.63, 3.8) is 0 Å². The molecule has 2 amide bonds. The fourth-order valence-electron chi connectivity index (χ4n) is 2.12. The summed E-state index contributed by atoms with van der Waals surface area (Å²) in [6, 6.07) is 6.13. The maximum atomic E-state index is 13.1. The van der Waals surface area contributed by atoms with Gasteiger partial charge < -0.3 is 11.1 Å². The molecule has 7 heteroatoms. The van der Waals surface area contributed by atoms with Gasteiger partial charge in [0.1, 0.15) is 5.82 Å². The van der Waals surface area contributed by atoms with E-state index < -0.39 is 11.8 Å². The van der Waals surface area contributed by atoms with Gasteiger partial charge >= 0.3 is 0 Å². The molecule has 2 aromatic rings. The van der Waals surface area contributed by atoms with Gasteiger partial charge in [-0.15, -0.1) is 0 Å². The van der Waals surface area contributed by atoms with E-state index in [0.717, 1.165) is 5.56 Å². The predicted octanol–water partition coefficient (Wildman–Crippen LogP) is 1.47. The number of hydrogen-bond donors (Lipinski definition) is 2. The highest BCUT2D eigenvalue weighted by atomic mass is 19.1. The second kappa shape index (κ2) is 7.44. The molecule has 0 saturated carbocycles. The van der Waals surface area contributed by atoms with Gasteiger partial charge in [0.05, 0.1) is 0 Å². The van der Waals surface area contributed by atoms with Crippen molar-refractivity contribution in [3.05, 3.63) is 59.4 Å². The quantitative estimate of drug-likeness (QED) is 0.843. The minimum atomic E-state index is -0.810. The summed E-state index contributed by atoms with van der Waals surface area (Å²) < 4.78 is 13.1. The molecular formula is C16H17FN4O2. The fraction of sp³-hybridized carbons (Fsp3) is 0.250. The normalized spacial score (nSPS) is 11.7. The molecule has 6 nitrogen and oxygen atoms in total. The lowest BCUT2D eigenvalue weighted by atomic mass is 10.1. The summed E-state index contributed by atoms with van der Waals surface area (Å²) in [5.41, 5.74) is 5.76. The van der Waals surface area contributed by atoms with Gasteiger partial charge in [0, 0.05) is 18.4 Å². The Morgan fingerprint density at radius 2 is 1.96 bits per heavy atom. The number of nitrogens with one attached hydrogen (secondary N) is 1. The number of carbonyl (C=O) groups is 2. The van der Waals surface area contributed by atoms with E-state index in [1.54, 1.807) is 6.07 Å². The Morgan fingerprint density at radius 3 is 2.61 bits per heavy atom. The van der Waals surface area contributed by atoms with E-state index in [4.69, 9.17) is 5.73 Å². The van der Waals surface area contributed by atoms with Crippen molar-refractivity contribution < 1.29 is 14.0 Å². The summed E-state index contributed by atoms with van der Waals surface area (Å²) in [6.07, 6.45) is 3.84. The lowest BCUT2D eigenvalue weighted by Crippen LogP contribution is -2.35. The highest BCUT2D eigenvalue weighted by molar-refractivity contribution is 6.03. The smallest absolute Gasteiger partial charge is 0.272 e. The van der Waals surface area contributed by atoms with Crippen molar-refractivity contribution in [2.45, 2.75) is 25.8 Å².